The monoisotopic (exact) mass is 303 g/mol. The SMILES string of the molecule is CCc1cccc(S(=O)(=O)N=S2(=O)CCOCC2)c1. The van der Waals surface area contributed by atoms with Crippen LogP contribution in [0.3, 0.4) is 0 Å². The number of sulfonamides is 1. The summed E-state index contributed by atoms with van der Waals surface area (Å²) in [5.74, 6) is 0.361. The van der Waals surface area contributed by atoms with Crippen molar-refractivity contribution in [1.29, 1.82) is 0 Å². The van der Waals surface area contributed by atoms with Crippen molar-refractivity contribution >= 4 is 19.8 Å². The van der Waals surface area contributed by atoms with Gasteiger partial charge in [-0.25, -0.2) is 4.21 Å². The maximum absolute atomic E-state index is 12.3. The quantitative estimate of drug-likeness (QED) is 0.847. The number of benzene rings is 1. The van der Waals surface area contributed by atoms with E-state index in [2.05, 4.69) is 3.77 Å². The Morgan fingerprint density at radius 1 is 1.32 bits per heavy atom. The van der Waals surface area contributed by atoms with Gasteiger partial charge in [0.1, 0.15) is 0 Å². The summed E-state index contributed by atoms with van der Waals surface area (Å²) in [6.45, 7) is 2.54. The van der Waals surface area contributed by atoms with Crippen molar-refractivity contribution in [2.24, 2.45) is 3.77 Å². The second kappa shape index (κ2) is 5.60. The Labute approximate surface area is 114 Å². The van der Waals surface area contributed by atoms with Crippen LogP contribution in [0.15, 0.2) is 32.9 Å². The summed E-state index contributed by atoms with van der Waals surface area (Å²) in [6, 6.07) is 6.60. The lowest BCUT2D eigenvalue weighted by Crippen LogP contribution is -2.26. The highest BCUT2D eigenvalue weighted by atomic mass is 32.3. The van der Waals surface area contributed by atoms with Crippen LogP contribution in [0.2, 0.25) is 0 Å². The van der Waals surface area contributed by atoms with Gasteiger partial charge >= 0.3 is 0 Å². The Morgan fingerprint density at radius 2 is 2.00 bits per heavy atom. The van der Waals surface area contributed by atoms with Crippen LogP contribution in [-0.4, -0.2) is 37.3 Å². The predicted octanol–water partition coefficient (Wildman–Crippen LogP) is 1.44. The number of nitrogens with zero attached hydrogens (tertiary/aromatic N) is 1. The minimum atomic E-state index is -3.86. The molecule has 0 amide bonds. The molecule has 7 heteroatoms. The molecule has 0 spiro atoms. The standard InChI is InChI=1S/C12H17NO4S2/c1-2-11-4-3-5-12(10-11)19(15,16)13-18(14)8-6-17-7-9-18/h3-5,10H,2,6-9H2,1H3. The molecule has 106 valence electrons. The molecule has 1 heterocycles. The van der Waals surface area contributed by atoms with Gasteiger partial charge in [0.05, 0.1) is 39.3 Å². The minimum Gasteiger partial charge on any atom is -0.379 e. The molecular weight excluding hydrogens is 286 g/mol. The van der Waals surface area contributed by atoms with Crippen LogP contribution in [0.25, 0.3) is 0 Å². The molecule has 1 fully saturated rings. The van der Waals surface area contributed by atoms with E-state index in [0.717, 1.165) is 12.0 Å². The van der Waals surface area contributed by atoms with Gasteiger partial charge in [-0.2, -0.15) is 8.42 Å². The zero-order valence-corrected chi connectivity index (χ0v) is 12.4. The Bertz CT molecular complexity index is 661. The second-order valence-corrected chi connectivity index (χ2v) is 8.72. The van der Waals surface area contributed by atoms with Crippen molar-refractivity contribution in [3.8, 4) is 0 Å². The van der Waals surface area contributed by atoms with Crippen molar-refractivity contribution in [2.75, 3.05) is 24.7 Å². The van der Waals surface area contributed by atoms with Gasteiger partial charge in [-0.3, -0.25) is 0 Å². The van der Waals surface area contributed by atoms with Crippen molar-refractivity contribution in [3.05, 3.63) is 29.8 Å². The Balaban J connectivity index is 2.42. The van der Waals surface area contributed by atoms with Crippen molar-refractivity contribution in [3.63, 3.8) is 0 Å². The summed E-state index contributed by atoms with van der Waals surface area (Å²) in [6.07, 6.45) is 0.743. The van der Waals surface area contributed by atoms with Gasteiger partial charge < -0.3 is 4.74 Å². The van der Waals surface area contributed by atoms with E-state index in [4.69, 9.17) is 4.74 Å². The molecule has 0 aromatic heterocycles. The summed E-state index contributed by atoms with van der Waals surface area (Å²) >= 11 is 0. The summed E-state index contributed by atoms with van der Waals surface area (Å²) in [4.78, 5) is 0.112. The maximum Gasteiger partial charge on any atom is 0.290 e. The molecule has 0 aliphatic carbocycles. The van der Waals surface area contributed by atoms with E-state index in [1.54, 1.807) is 12.1 Å². The third-order valence-corrected chi connectivity index (χ3v) is 7.26. The molecule has 1 saturated heterocycles. The summed E-state index contributed by atoms with van der Waals surface area (Å²) < 4.78 is 45.5. The molecule has 0 N–H and O–H groups in total. The van der Waals surface area contributed by atoms with E-state index in [1.807, 2.05) is 13.0 Å². The molecule has 2 rings (SSSR count). The molecule has 1 aliphatic rings. The van der Waals surface area contributed by atoms with Crippen molar-refractivity contribution < 1.29 is 17.4 Å². The van der Waals surface area contributed by atoms with Crippen LogP contribution in [0.5, 0.6) is 0 Å². The lowest BCUT2D eigenvalue weighted by Gasteiger charge is -2.15. The first kappa shape index (κ1) is 14.5. The van der Waals surface area contributed by atoms with Gasteiger partial charge in [0, 0.05) is 0 Å². The van der Waals surface area contributed by atoms with Crippen molar-refractivity contribution in [1.82, 2.24) is 0 Å². The molecule has 19 heavy (non-hydrogen) atoms. The molecule has 5 nitrogen and oxygen atoms in total. The van der Waals surface area contributed by atoms with Gasteiger partial charge in [-0.05, 0) is 24.1 Å². The third kappa shape index (κ3) is 3.55. The molecule has 0 saturated carbocycles. The lowest BCUT2D eigenvalue weighted by atomic mass is 10.2. The third-order valence-electron chi connectivity index (χ3n) is 2.93. The number of hydrogen-bond donors (Lipinski definition) is 0. The van der Waals surface area contributed by atoms with E-state index in [9.17, 15) is 12.6 Å². The summed E-state index contributed by atoms with van der Waals surface area (Å²) in [5, 5.41) is 0. The second-order valence-electron chi connectivity index (χ2n) is 4.34. The molecule has 0 atom stereocenters. The highest BCUT2D eigenvalue weighted by Crippen LogP contribution is 2.18. The zero-order chi connectivity index (χ0) is 13.9. The molecule has 0 radical (unpaired) electrons. The number of aryl methyl sites for hydroxylation is 1. The average molecular weight is 303 g/mol. The number of rotatable bonds is 3. The molecule has 1 aromatic carbocycles. The Kier molecular flexibility index (Phi) is 4.27. The van der Waals surface area contributed by atoms with Crippen molar-refractivity contribution in [2.45, 2.75) is 18.2 Å². The topological polar surface area (TPSA) is 72.8 Å². The smallest absolute Gasteiger partial charge is 0.290 e. The van der Waals surface area contributed by atoms with E-state index < -0.39 is 19.8 Å². The van der Waals surface area contributed by atoms with Crippen LogP contribution in [0, 0.1) is 0 Å². The highest BCUT2D eigenvalue weighted by Gasteiger charge is 2.21. The molecule has 1 aliphatic heterocycles. The first-order valence-corrected chi connectivity index (χ1v) is 9.40. The van der Waals surface area contributed by atoms with E-state index in [-0.39, 0.29) is 16.4 Å². The maximum atomic E-state index is 12.3. The molecular formula is C12H17NO4S2. The highest BCUT2D eigenvalue weighted by molar-refractivity contribution is 8.03. The molecule has 0 unspecified atom stereocenters. The van der Waals surface area contributed by atoms with Gasteiger partial charge in [0.25, 0.3) is 10.0 Å². The number of ether oxygens (including phenoxy) is 1. The van der Waals surface area contributed by atoms with Crippen LogP contribution in [0.1, 0.15) is 12.5 Å². The Hall–Kier alpha value is -0.920. The van der Waals surface area contributed by atoms with Crippen LogP contribution in [-0.2, 0) is 30.9 Å². The normalized spacial score (nSPS) is 19.0. The summed E-state index contributed by atoms with van der Waals surface area (Å²) in [5.41, 5.74) is 0.915. The van der Waals surface area contributed by atoms with Gasteiger partial charge in [0.15, 0.2) is 0 Å². The fraction of sp³-hybridized carbons (Fsp3) is 0.500. The minimum absolute atomic E-state index is 0.112. The Morgan fingerprint density at radius 3 is 2.63 bits per heavy atom. The number of hydrogen-bond acceptors (Lipinski definition) is 4. The van der Waals surface area contributed by atoms with E-state index in [1.165, 1.54) is 6.07 Å². The zero-order valence-electron chi connectivity index (χ0n) is 10.7. The van der Waals surface area contributed by atoms with E-state index in [0.29, 0.717) is 13.2 Å². The lowest BCUT2D eigenvalue weighted by molar-refractivity contribution is 0.158. The first-order chi connectivity index (χ1) is 8.95. The molecule has 1 aromatic rings. The first-order valence-electron chi connectivity index (χ1n) is 6.11. The van der Waals surface area contributed by atoms with E-state index >= 15 is 0 Å². The fourth-order valence-electron chi connectivity index (χ4n) is 1.80. The van der Waals surface area contributed by atoms with Gasteiger partial charge in [-0.15, -0.1) is 3.77 Å². The fourth-order valence-corrected chi connectivity index (χ4v) is 5.69. The predicted molar refractivity (Wildman–Crippen MR) is 74.1 cm³/mol. The van der Waals surface area contributed by atoms with Crippen LogP contribution in [0.4, 0.5) is 0 Å². The average Bonchev–Trinajstić information content (AvgIpc) is 2.38. The van der Waals surface area contributed by atoms with Gasteiger partial charge in [-0.1, -0.05) is 19.1 Å². The van der Waals surface area contributed by atoms with Crippen LogP contribution < -0.4 is 0 Å². The van der Waals surface area contributed by atoms with Gasteiger partial charge in [0.2, 0.25) is 0 Å². The molecule has 0 bridgehead atoms. The van der Waals surface area contributed by atoms with Crippen LogP contribution >= 0.6 is 0 Å². The summed E-state index contributed by atoms with van der Waals surface area (Å²) in [7, 11) is -6.56. The largest absolute Gasteiger partial charge is 0.379 e.